The van der Waals surface area contributed by atoms with Crippen LogP contribution in [0.1, 0.15) is 25.3 Å². The molecule has 0 saturated carbocycles. The summed E-state index contributed by atoms with van der Waals surface area (Å²) in [6.07, 6.45) is 3.69. The Kier molecular flexibility index (Phi) is 6.33. The molecular formula is C25H23Zr-. The van der Waals surface area contributed by atoms with Gasteiger partial charge in [0, 0.05) is 26.2 Å². The van der Waals surface area contributed by atoms with Gasteiger partial charge in [0.15, 0.2) is 0 Å². The maximum Gasteiger partial charge on any atom is 0 e. The fraction of sp³-hybridized carbons (Fsp3) is 0.160. The molecule has 0 atom stereocenters. The average molecular weight is 415 g/mol. The van der Waals surface area contributed by atoms with Crippen LogP contribution >= 0.6 is 0 Å². The first-order chi connectivity index (χ1) is 12.3. The summed E-state index contributed by atoms with van der Waals surface area (Å²) in [4.78, 5) is 0. The van der Waals surface area contributed by atoms with Gasteiger partial charge in [-0.2, -0.15) is 0 Å². The third-order valence-corrected chi connectivity index (χ3v) is 4.94. The zero-order chi connectivity index (χ0) is 17.1. The van der Waals surface area contributed by atoms with Gasteiger partial charge in [0.05, 0.1) is 0 Å². The quantitative estimate of drug-likeness (QED) is 0.302. The second-order valence-electron chi connectivity index (χ2n) is 6.72. The van der Waals surface area contributed by atoms with Crippen molar-refractivity contribution in [3.63, 3.8) is 0 Å². The first kappa shape index (κ1) is 18.9. The maximum atomic E-state index is 2.32. The van der Waals surface area contributed by atoms with Crippen LogP contribution in [0.5, 0.6) is 0 Å². The molecule has 0 spiro atoms. The molecule has 0 aliphatic heterocycles. The fourth-order valence-electron chi connectivity index (χ4n) is 3.52. The topological polar surface area (TPSA) is 0 Å². The van der Waals surface area contributed by atoms with Crippen LogP contribution in [0.2, 0.25) is 0 Å². The minimum atomic E-state index is 0. The Bertz CT molecular complexity index is 962. The van der Waals surface area contributed by atoms with Crippen molar-refractivity contribution in [3.8, 4) is 22.3 Å². The summed E-state index contributed by atoms with van der Waals surface area (Å²) >= 11 is 0. The van der Waals surface area contributed by atoms with Gasteiger partial charge < -0.3 is 0 Å². The Morgan fingerprint density at radius 1 is 0.769 bits per heavy atom. The van der Waals surface area contributed by atoms with Gasteiger partial charge in [0.1, 0.15) is 0 Å². The minimum Gasteiger partial charge on any atom is -0.144 e. The number of aryl methyl sites for hydroxylation is 1. The summed E-state index contributed by atoms with van der Waals surface area (Å²) in [7, 11) is 0. The Morgan fingerprint density at radius 3 is 2.27 bits per heavy atom. The van der Waals surface area contributed by atoms with E-state index in [2.05, 4.69) is 91.9 Å². The normalized spacial score (nSPS) is 10.7. The molecule has 0 N–H and O–H groups in total. The number of hydrogen-bond acceptors (Lipinski definition) is 0. The molecule has 4 aromatic carbocycles. The molecule has 0 unspecified atom stereocenters. The summed E-state index contributed by atoms with van der Waals surface area (Å²) in [6, 6.07) is 31.0. The van der Waals surface area contributed by atoms with Crippen LogP contribution in [0.25, 0.3) is 33.0 Å². The third kappa shape index (κ3) is 3.94. The Morgan fingerprint density at radius 2 is 1.54 bits per heavy atom. The first-order valence-electron chi connectivity index (χ1n) is 9.19. The maximum absolute atomic E-state index is 2.32. The van der Waals surface area contributed by atoms with Crippen LogP contribution in [-0.4, -0.2) is 0 Å². The molecule has 4 aromatic rings. The van der Waals surface area contributed by atoms with E-state index in [1.807, 2.05) is 0 Å². The zero-order valence-corrected chi connectivity index (χ0v) is 17.7. The summed E-state index contributed by atoms with van der Waals surface area (Å²) in [6.45, 7) is 2.24. The molecule has 0 aliphatic carbocycles. The molecule has 0 fully saturated rings. The average Bonchev–Trinajstić information content (AvgIpc) is 3.12. The predicted molar refractivity (Wildman–Crippen MR) is 109 cm³/mol. The number of hydrogen-bond donors (Lipinski definition) is 0. The molecule has 0 nitrogen and oxygen atoms in total. The molecule has 26 heavy (non-hydrogen) atoms. The van der Waals surface area contributed by atoms with Crippen molar-refractivity contribution >= 4 is 10.8 Å². The van der Waals surface area contributed by atoms with E-state index < -0.39 is 0 Å². The Hall–Kier alpha value is -1.85. The van der Waals surface area contributed by atoms with E-state index in [0.29, 0.717) is 0 Å². The van der Waals surface area contributed by atoms with Gasteiger partial charge in [-0.25, -0.2) is 0 Å². The molecule has 128 valence electrons. The molecular weight excluding hydrogens is 391 g/mol. The van der Waals surface area contributed by atoms with E-state index in [1.165, 1.54) is 57.9 Å². The van der Waals surface area contributed by atoms with Crippen molar-refractivity contribution in [2.45, 2.75) is 26.2 Å². The van der Waals surface area contributed by atoms with Gasteiger partial charge in [-0.05, 0) is 24.0 Å². The number of rotatable bonds is 5. The van der Waals surface area contributed by atoms with Crippen LogP contribution in [-0.2, 0) is 32.6 Å². The van der Waals surface area contributed by atoms with E-state index >= 15 is 0 Å². The molecule has 0 saturated heterocycles. The summed E-state index contributed by atoms with van der Waals surface area (Å²) < 4.78 is 0. The smallest absolute Gasteiger partial charge is 0 e. The van der Waals surface area contributed by atoms with Crippen molar-refractivity contribution in [1.82, 2.24) is 0 Å². The van der Waals surface area contributed by atoms with Crippen molar-refractivity contribution < 1.29 is 26.2 Å². The van der Waals surface area contributed by atoms with Gasteiger partial charge in [-0.1, -0.05) is 91.2 Å². The molecule has 0 radical (unpaired) electrons. The SMILES string of the molecule is CCCCc1ccc(-c2cccc3[cH-]c(-c4ccccc4)cc23)cc1.[Zr]. The molecule has 0 aromatic heterocycles. The first-order valence-corrected chi connectivity index (χ1v) is 9.19. The molecule has 4 rings (SSSR count). The van der Waals surface area contributed by atoms with Crippen LogP contribution in [0.3, 0.4) is 0 Å². The standard InChI is InChI=1S/C25H23.Zr/c1-2-3-8-19-13-15-21(16-14-19)24-12-7-11-22-17-23(18-25(22)24)20-9-5-4-6-10-20;/h4-7,9-18H,2-3,8H2,1H3;/q-1;. The minimum absolute atomic E-state index is 0. The van der Waals surface area contributed by atoms with E-state index in [-0.39, 0.29) is 26.2 Å². The van der Waals surface area contributed by atoms with Crippen LogP contribution < -0.4 is 0 Å². The van der Waals surface area contributed by atoms with E-state index in [9.17, 15) is 0 Å². The van der Waals surface area contributed by atoms with Gasteiger partial charge in [-0.15, -0.1) is 34.5 Å². The van der Waals surface area contributed by atoms with E-state index in [4.69, 9.17) is 0 Å². The van der Waals surface area contributed by atoms with Crippen molar-refractivity contribution in [1.29, 1.82) is 0 Å². The van der Waals surface area contributed by atoms with E-state index in [1.54, 1.807) is 0 Å². The second kappa shape index (κ2) is 8.69. The van der Waals surface area contributed by atoms with Gasteiger partial charge >= 0.3 is 0 Å². The number of fused-ring (bicyclic) bond motifs is 1. The van der Waals surface area contributed by atoms with Gasteiger partial charge in [-0.3, -0.25) is 0 Å². The summed E-state index contributed by atoms with van der Waals surface area (Å²) in [5, 5.41) is 2.65. The fourth-order valence-corrected chi connectivity index (χ4v) is 3.52. The van der Waals surface area contributed by atoms with Crippen LogP contribution in [0.4, 0.5) is 0 Å². The summed E-state index contributed by atoms with van der Waals surface area (Å²) in [5.41, 5.74) is 6.63. The van der Waals surface area contributed by atoms with Crippen molar-refractivity contribution in [2.75, 3.05) is 0 Å². The Labute approximate surface area is 175 Å². The van der Waals surface area contributed by atoms with Crippen LogP contribution in [0.15, 0.2) is 84.9 Å². The largest absolute Gasteiger partial charge is 0.144 e. The number of benzene rings is 3. The van der Waals surface area contributed by atoms with Crippen molar-refractivity contribution in [2.24, 2.45) is 0 Å². The monoisotopic (exact) mass is 413 g/mol. The second-order valence-corrected chi connectivity index (χ2v) is 6.72. The van der Waals surface area contributed by atoms with Gasteiger partial charge in [0.2, 0.25) is 0 Å². The molecule has 0 aliphatic rings. The third-order valence-electron chi connectivity index (χ3n) is 4.94. The molecule has 0 bridgehead atoms. The zero-order valence-electron chi connectivity index (χ0n) is 15.2. The number of unbranched alkanes of at least 4 members (excludes halogenated alkanes) is 1. The summed E-state index contributed by atoms with van der Waals surface area (Å²) in [5.74, 6) is 0. The van der Waals surface area contributed by atoms with E-state index in [0.717, 1.165) is 0 Å². The predicted octanol–water partition coefficient (Wildman–Crippen LogP) is 7.23. The van der Waals surface area contributed by atoms with Gasteiger partial charge in [0.25, 0.3) is 0 Å². The molecule has 0 heterocycles. The van der Waals surface area contributed by atoms with Crippen molar-refractivity contribution in [3.05, 3.63) is 90.5 Å². The Balaban J connectivity index is 0.00000196. The molecule has 1 heteroatoms. The molecule has 0 amide bonds. The van der Waals surface area contributed by atoms with Crippen LogP contribution in [0, 0.1) is 0 Å².